The average molecular weight is 163 g/mol. The second-order valence-corrected chi connectivity index (χ2v) is 2.24. The topological polar surface area (TPSA) is 73.3 Å². The highest BCUT2D eigenvalue weighted by molar-refractivity contribution is 7.80. The molecule has 0 unspecified atom stereocenters. The molecule has 1 aliphatic rings. The molecule has 0 aromatic rings. The lowest BCUT2D eigenvalue weighted by Gasteiger charge is -2.10. The number of hydrogen-bond acceptors (Lipinski definition) is 3. The molecule has 1 heterocycles. The number of thiocarbonyl (C=S) groups is 1. The van der Waals surface area contributed by atoms with Gasteiger partial charge in [0.1, 0.15) is 0 Å². The van der Waals surface area contributed by atoms with E-state index < -0.39 is 0 Å². The summed E-state index contributed by atoms with van der Waals surface area (Å²) in [6, 6.07) is 0. The molecule has 5 N–H and O–H groups in total. The van der Waals surface area contributed by atoms with Crippen molar-refractivity contribution in [2.24, 2.45) is 11.5 Å². The van der Waals surface area contributed by atoms with E-state index in [9.17, 15) is 0 Å². The summed E-state index contributed by atoms with van der Waals surface area (Å²) in [5.74, 6) is 0. The number of hydrogen-bond donors (Lipinski definition) is 3. The molecular formula is C5H13N3OS. The summed E-state index contributed by atoms with van der Waals surface area (Å²) in [5.41, 5.74) is 9.24. The molecule has 1 fully saturated rings. The largest absolute Gasteiger partial charge is 0.379 e. The van der Waals surface area contributed by atoms with Crippen molar-refractivity contribution < 1.29 is 4.74 Å². The van der Waals surface area contributed by atoms with Crippen molar-refractivity contribution in [1.29, 1.82) is 0 Å². The van der Waals surface area contributed by atoms with Gasteiger partial charge in [-0.25, -0.2) is 0 Å². The molecule has 0 saturated carbocycles. The Morgan fingerprint density at radius 3 is 1.80 bits per heavy atom. The minimum atomic E-state index is 0.000000000000000222. The molecule has 0 aromatic heterocycles. The van der Waals surface area contributed by atoms with Crippen molar-refractivity contribution in [3.05, 3.63) is 0 Å². The highest BCUT2D eigenvalue weighted by Gasteiger charge is 1.92. The zero-order valence-corrected chi connectivity index (χ0v) is 6.62. The van der Waals surface area contributed by atoms with Crippen LogP contribution >= 0.6 is 12.2 Å². The highest BCUT2D eigenvalue weighted by atomic mass is 32.1. The van der Waals surface area contributed by atoms with Gasteiger partial charge in [-0.15, -0.1) is 0 Å². The van der Waals surface area contributed by atoms with Crippen LogP contribution in [0.4, 0.5) is 0 Å². The predicted molar refractivity (Wildman–Crippen MR) is 44.7 cm³/mol. The van der Waals surface area contributed by atoms with Gasteiger partial charge in [0.2, 0.25) is 0 Å². The predicted octanol–water partition coefficient (Wildman–Crippen LogP) is -1.21. The standard InChI is InChI=1S/C4H9NO.CH4N2S/c1-3-6-4-2-5-1;2-1(3)4/h5H,1-4H2;(H4,2,3,4). The molecule has 4 nitrogen and oxygen atoms in total. The second kappa shape index (κ2) is 6.73. The lowest BCUT2D eigenvalue weighted by molar-refractivity contribution is 0.109. The molecule has 0 atom stereocenters. The summed E-state index contributed by atoms with van der Waals surface area (Å²) in [7, 11) is 0. The number of nitrogens with two attached hydrogens (primary N) is 2. The molecule has 0 aliphatic carbocycles. The number of nitrogens with one attached hydrogen (secondary N) is 1. The first-order chi connectivity index (χ1) is 4.73. The van der Waals surface area contributed by atoms with E-state index >= 15 is 0 Å². The van der Waals surface area contributed by atoms with Gasteiger partial charge in [0.15, 0.2) is 5.11 Å². The van der Waals surface area contributed by atoms with Gasteiger partial charge in [0.05, 0.1) is 13.2 Å². The lowest BCUT2D eigenvalue weighted by Crippen LogP contribution is -2.30. The van der Waals surface area contributed by atoms with E-state index in [0.717, 1.165) is 26.3 Å². The van der Waals surface area contributed by atoms with E-state index in [-0.39, 0.29) is 5.11 Å². The fourth-order valence-corrected chi connectivity index (χ4v) is 0.516. The first kappa shape index (κ1) is 9.61. The number of ether oxygens (including phenoxy) is 1. The normalized spacial score (nSPS) is 16.8. The van der Waals surface area contributed by atoms with Crippen molar-refractivity contribution in [1.82, 2.24) is 5.32 Å². The van der Waals surface area contributed by atoms with Gasteiger partial charge < -0.3 is 21.5 Å². The average Bonchev–Trinajstić information content (AvgIpc) is 1.90. The minimum Gasteiger partial charge on any atom is -0.379 e. The van der Waals surface area contributed by atoms with Crippen molar-refractivity contribution in [2.75, 3.05) is 26.3 Å². The first-order valence-corrected chi connectivity index (χ1v) is 3.47. The summed E-state index contributed by atoms with van der Waals surface area (Å²) in [5, 5.41) is 3.16. The summed E-state index contributed by atoms with van der Waals surface area (Å²) in [4.78, 5) is 0. The van der Waals surface area contributed by atoms with Crippen LogP contribution in [0.15, 0.2) is 0 Å². The van der Waals surface area contributed by atoms with Gasteiger partial charge in [-0.05, 0) is 12.2 Å². The molecule has 0 aromatic carbocycles. The molecule has 10 heavy (non-hydrogen) atoms. The van der Waals surface area contributed by atoms with E-state index in [1.165, 1.54) is 0 Å². The molecule has 0 bridgehead atoms. The highest BCUT2D eigenvalue weighted by Crippen LogP contribution is 1.76. The van der Waals surface area contributed by atoms with Crippen LogP contribution in [0.5, 0.6) is 0 Å². The Hall–Kier alpha value is -0.390. The van der Waals surface area contributed by atoms with E-state index in [4.69, 9.17) is 4.74 Å². The van der Waals surface area contributed by atoms with Gasteiger partial charge in [-0.1, -0.05) is 0 Å². The second-order valence-electron chi connectivity index (χ2n) is 1.76. The molecule has 1 saturated heterocycles. The van der Waals surface area contributed by atoms with Crippen molar-refractivity contribution >= 4 is 17.3 Å². The number of rotatable bonds is 0. The third-order valence-corrected chi connectivity index (χ3v) is 0.846. The zero-order chi connectivity index (χ0) is 7.82. The van der Waals surface area contributed by atoms with Crippen molar-refractivity contribution in [3.8, 4) is 0 Å². The Bertz CT molecular complexity index is 79.4. The Balaban J connectivity index is 0.000000180. The molecule has 0 amide bonds. The molecule has 5 heteroatoms. The van der Waals surface area contributed by atoms with Gasteiger partial charge in [-0.3, -0.25) is 0 Å². The summed E-state index contributed by atoms with van der Waals surface area (Å²) >= 11 is 4.09. The van der Waals surface area contributed by atoms with Gasteiger partial charge >= 0.3 is 0 Å². The molecule has 0 radical (unpaired) electrons. The summed E-state index contributed by atoms with van der Waals surface area (Å²) in [6.45, 7) is 3.83. The van der Waals surface area contributed by atoms with Crippen LogP contribution in [-0.2, 0) is 4.74 Å². The molecule has 1 aliphatic heterocycles. The molecule has 0 spiro atoms. The van der Waals surface area contributed by atoms with Crippen LogP contribution in [0.25, 0.3) is 0 Å². The first-order valence-electron chi connectivity index (χ1n) is 3.07. The summed E-state index contributed by atoms with van der Waals surface area (Å²) in [6.07, 6.45) is 0. The minimum absolute atomic E-state index is 0.000000000000000222. The third-order valence-electron chi connectivity index (χ3n) is 0.846. The van der Waals surface area contributed by atoms with E-state index in [2.05, 4.69) is 29.0 Å². The van der Waals surface area contributed by atoms with E-state index in [0.29, 0.717) is 0 Å². The third kappa shape index (κ3) is 10.6. The Morgan fingerprint density at radius 1 is 1.30 bits per heavy atom. The maximum absolute atomic E-state index is 5.01. The van der Waals surface area contributed by atoms with Crippen LogP contribution in [0.3, 0.4) is 0 Å². The van der Waals surface area contributed by atoms with Crippen LogP contribution in [0.2, 0.25) is 0 Å². The fourth-order valence-electron chi connectivity index (χ4n) is 0.516. The lowest BCUT2D eigenvalue weighted by atomic mass is 10.5. The Morgan fingerprint density at radius 2 is 1.70 bits per heavy atom. The van der Waals surface area contributed by atoms with Crippen LogP contribution in [-0.4, -0.2) is 31.4 Å². The van der Waals surface area contributed by atoms with E-state index in [1.807, 2.05) is 0 Å². The number of morpholine rings is 1. The monoisotopic (exact) mass is 163 g/mol. The molecule has 60 valence electrons. The maximum Gasteiger partial charge on any atom is 0.160 e. The van der Waals surface area contributed by atoms with Crippen LogP contribution < -0.4 is 16.8 Å². The maximum atomic E-state index is 5.01. The molecular weight excluding hydrogens is 150 g/mol. The van der Waals surface area contributed by atoms with Crippen molar-refractivity contribution in [2.45, 2.75) is 0 Å². The van der Waals surface area contributed by atoms with Gasteiger partial charge in [-0.2, -0.15) is 0 Å². The van der Waals surface area contributed by atoms with Gasteiger partial charge in [0.25, 0.3) is 0 Å². The van der Waals surface area contributed by atoms with Crippen LogP contribution in [0, 0.1) is 0 Å². The Kier molecular flexibility index (Phi) is 6.46. The Labute approximate surface area is 65.9 Å². The van der Waals surface area contributed by atoms with Gasteiger partial charge in [0, 0.05) is 13.1 Å². The molecule has 1 rings (SSSR count). The summed E-state index contributed by atoms with van der Waals surface area (Å²) < 4.78 is 5.01. The van der Waals surface area contributed by atoms with E-state index in [1.54, 1.807) is 0 Å². The fraction of sp³-hybridized carbons (Fsp3) is 0.800. The smallest absolute Gasteiger partial charge is 0.160 e. The van der Waals surface area contributed by atoms with Crippen LogP contribution in [0.1, 0.15) is 0 Å². The SMILES string of the molecule is C1COCCN1.NC(N)=S. The zero-order valence-electron chi connectivity index (χ0n) is 5.80. The quantitative estimate of drug-likeness (QED) is 0.391. The van der Waals surface area contributed by atoms with Crippen molar-refractivity contribution in [3.63, 3.8) is 0 Å².